The Labute approximate surface area is 137 Å². The van der Waals surface area contributed by atoms with E-state index in [4.69, 9.17) is 0 Å². The molecular weight excluding hydrogens is 286 g/mol. The van der Waals surface area contributed by atoms with Crippen LogP contribution in [0, 0.1) is 0 Å². The Bertz CT molecular complexity index is 657. The Morgan fingerprint density at radius 1 is 1.30 bits per heavy atom. The van der Waals surface area contributed by atoms with Crippen LogP contribution in [0.2, 0.25) is 0 Å². The fourth-order valence-electron chi connectivity index (χ4n) is 3.18. The summed E-state index contributed by atoms with van der Waals surface area (Å²) in [6.45, 7) is 3.48. The maximum absolute atomic E-state index is 12.4. The Hall–Kier alpha value is -2.20. The highest BCUT2D eigenvalue weighted by atomic mass is 16.2. The quantitative estimate of drug-likeness (QED) is 0.920. The first-order valence-electron chi connectivity index (χ1n) is 8.30. The summed E-state index contributed by atoms with van der Waals surface area (Å²) in [7, 11) is 0. The Balaban J connectivity index is 1.62. The lowest BCUT2D eigenvalue weighted by molar-refractivity contribution is -0.117. The molecule has 0 spiro atoms. The van der Waals surface area contributed by atoms with E-state index in [1.54, 1.807) is 0 Å². The van der Waals surface area contributed by atoms with Crippen molar-refractivity contribution in [2.24, 2.45) is 0 Å². The Kier molecular flexibility index (Phi) is 5.03. The number of nitrogens with zero attached hydrogens (tertiary/aromatic N) is 2. The molecule has 0 unspecified atom stereocenters. The van der Waals surface area contributed by atoms with Crippen molar-refractivity contribution in [2.45, 2.75) is 32.2 Å². The molecule has 1 atom stereocenters. The van der Waals surface area contributed by atoms with E-state index >= 15 is 0 Å². The highest BCUT2D eigenvalue weighted by molar-refractivity contribution is 5.92. The second-order valence-electron chi connectivity index (χ2n) is 5.99. The average molecular weight is 309 g/mol. The molecule has 1 fully saturated rings. The molecule has 3 rings (SSSR count). The van der Waals surface area contributed by atoms with Crippen LogP contribution in [0.4, 0.5) is 5.69 Å². The number of aromatic nitrogens is 1. The van der Waals surface area contributed by atoms with E-state index in [1.165, 1.54) is 5.56 Å². The van der Waals surface area contributed by atoms with Crippen LogP contribution < -0.4 is 5.32 Å². The van der Waals surface area contributed by atoms with Gasteiger partial charge >= 0.3 is 0 Å². The number of likely N-dealkylation sites (tertiary alicyclic amines) is 1. The van der Waals surface area contributed by atoms with Gasteiger partial charge in [0.25, 0.3) is 0 Å². The highest BCUT2D eigenvalue weighted by Crippen LogP contribution is 2.30. The molecule has 4 heteroatoms. The first-order chi connectivity index (χ1) is 11.3. The van der Waals surface area contributed by atoms with Crippen molar-refractivity contribution in [1.82, 2.24) is 9.88 Å². The number of rotatable bonds is 5. The molecule has 0 aliphatic carbocycles. The van der Waals surface area contributed by atoms with Crippen LogP contribution in [0.1, 0.15) is 37.1 Å². The molecule has 0 saturated carbocycles. The van der Waals surface area contributed by atoms with Crippen LogP contribution in [-0.2, 0) is 11.2 Å². The van der Waals surface area contributed by atoms with Crippen molar-refractivity contribution in [2.75, 3.05) is 18.4 Å². The molecule has 1 amide bonds. The second-order valence-corrected chi connectivity index (χ2v) is 5.99. The zero-order valence-electron chi connectivity index (χ0n) is 13.5. The van der Waals surface area contributed by atoms with Gasteiger partial charge in [0.15, 0.2) is 0 Å². The molecule has 1 aromatic carbocycles. The second kappa shape index (κ2) is 7.38. The van der Waals surface area contributed by atoms with Crippen LogP contribution in [0.5, 0.6) is 0 Å². The number of anilines is 1. The standard InChI is InChI=1S/C19H23N3O/c1-2-15-7-5-8-16(13-15)21-19(23)14-22-12-6-10-18(22)17-9-3-4-11-20-17/h3-5,7-9,11,13,18H,2,6,10,12,14H2,1H3,(H,21,23)/t18-/m1/s1. The summed E-state index contributed by atoms with van der Waals surface area (Å²) in [5.74, 6) is 0.0427. The van der Waals surface area contributed by atoms with Gasteiger partial charge in [-0.3, -0.25) is 14.7 Å². The minimum absolute atomic E-state index is 0.0427. The van der Waals surface area contributed by atoms with Gasteiger partial charge in [-0.1, -0.05) is 25.1 Å². The number of hydrogen-bond donors (Lipinski definition) is 1. The first-order valence-corrected chi connectivity index (χ1v) is 8.30. The fraction of sp³-hybridized carbons (Fsp3) is 0.368. The fourth-order valence-corrected chi connectivity index (χ4v) is 3.18. The molecule has 23 heavy (non-hydrogen) atoms. The molecule has 4 nitrogen and oxygen atoms in total. The molecule has 1 aliphatic rings. The van der Waals surface area contributed by atoms with Gasteiger partial charge in [0.05, 0.1) is 18.3 Å². The summed E-state index contributed by atoms with van der Waals surface area (Å²) in [5, 5.41) is 3.01. The van der Waals surface area contributed by atoms with Gasteiger partial charge in [-0.15, -0.1) is 0 Å². The Morgan fingerprint density at radius 2 is 2.22 bits per heavy atom. The average Bonchev–Trinajstić information content (AvgIpc) is 3.03. The molecule has 1 N–H and O–H groups in total. The van der Waals surface area contributed by atoms with E-state index in [9.17, 15) is 4.79 Å². The van der Waals surface area contributed by atoms with Gasteiger partial charge in [0.1, 0.15) is 0 Å². The minimum atomic E-state index is 0.0427. The molecule has 0 bridgehead atoms. The predicted molar refractivity (Wildman–Crippen MR) is 92.2 cm³/mol. The zero-order chi connectivity index (χ0) is 16.1. The van der Waals surface area contributed by atoms with E-state index in [-0.39, 0.29) is 11.9 Å². The monoisotopic (exact) mass is 309 g/mol. The van der Waals surface area contributed by atoms with Crippen LogP contribution in [0.15, 0.2) is 48.7 Å². The minimum Gasteiger partial charge on any atom is -0.325 e. The van der Waals surface area contributed by atoms with Crippen molar-refractivity contribution in [3.8, 4) is 0 Å². The maximum atomic E-state index is 12.4. The van der Waals surface area contributed by atoms with Gasteiger partial charge < -0.3 is 5.32 Å². The van der Waals surface area contributed by atoms with Crippen LogP contribution in [0.3, 0.4) is 0 Å². The van der Waals surface area contributed by atoms with Crippen molar-refractivity contribution < 1.29 is 4.79 Å². The van der Waals surface area contributed by atoms with Crippen molar-refractivity contribution in [3.63, 3.8) is 0 Å². The van der Waals surface area contributed by atoms with Gasteiger partial charge in [-0.05, 0) is 55.6 Å². The number of benzene rings is 1. The number of aryl methyl sites for hydroxylation is 1. The highest BCUT2D eigenvalue weighted by Gasteiger charge is 2.28. The summed E-state index contributed by atoms with van der Waals surface area (Å²) >= 11 is 0. The molecule has 2 aromatic rings. The number of nitrogens with one attached hydrogen (secondary N) is 1. The van der Waals surface area contributed by atoms with Gasteiger partial charge in [-0.25, -0.2) is 0 Å². The Morgan fingerprint density at radius 3 is 3.00 bits per heavy atom. The zero-order valence-corrected chi connectivity index (χ0v) is 13.5. The molecule has 1 aromatic heterocycles. The summed E-state index contributed by atoms with van der Waals surface area (Å²) < 4.78 is 0. The molecule has 120 valence electrons. The predicted octanol–water partition coefficient (Wildman–Crippen LogP) is 3.42. The van der Waals surface area contributed by atoms with E-state index in [1.807, 2.05) is 42.6 Å². The number of pyridine rings is 1. The molecule has 0 radical (unpaired) electrons. The van der Waals surface area contributed by atoms with E-state index < -0.39 is 0 Å². The largest absolute Gasteiger partial charge is 0.325 e. The van der Waals surface area contributed by atoms with Crippen LogP contribution in [0.25, 0.3) is 0 Å². The van der Waals surface area contributed by atoms with Gasteiger partial charge in [0, 0.05) is 11.9 Å². The molecule has 1 saturated heterocycles. The van der Waals surface area contributed by atoms with E-state index in [0.29, 0.717) is 6.54 Å². The summed E-state index contributed by atoms with van der Waals surface area (Å²) in [5.41, 5.74) is 3.17. The van der Waals surface area contributed by atoms with E-state index in [0.717, 1.165) is 37.2 Å². The van der Waals surface area contributed by atoms with Crippen LogP contribution in [-0.4, -0.2) is 28.9 Å². The number of carbonyl (C=O) groups excluding carboxylic acids is 1. The van der Waals surface area contributed by atoms with Crippen molar-refractivity contribution >= 4 is 11.6 Å². The maximum Gasteiger partial charge on any atom is 0.238 e. The SMILES string of the molecule is CCc1cccc(NC(=O)CN2CCC[C@@H]2c2ccccn2)c1. The lowest BCUT2D eigenvalue weighted by atomic mass is 10.1. The number of carbonyl (C=O) groups is 1. The van der Waals surface area contributed by atoms with Gasteiger partial charge in [0.2, 0.25) is 5.91 Å². The van der Waals surface area contributed by atoms with Gasteiger partial charge in [-0.2, -0.15) is 0 Å². The third-order valence-electron chi connectivity index (χ3n) is 4.36. The summed E-state index contributed by atoms with van der Waals surface area (Å²) in [6, 6.07) is 14.3. The lowest BCUT2D eigenvalue weighted by Gasteiger charge is -2.23. The van der Waals surface area contributed by atoms with Crippen molar-refractivity contribution in [1.29, 1.82) is 0 Å². The molecular formula is C19H23N3O. The van der Waals surface area contributed by atoms with E-state index in [2.05, 4.69) is 28.2 Å². The number of amides is 1. The summed E-state index contributed by atoms with van der Waals surface area (Å²) in [6.07, 6.45) is 4.97. The molecule has 2 heterocycles. The molecule has 1 aliphatic heterocycles. The first kappa shape index (κ1) is 15.7. The third kappa shape index (κ3) is 3.96. The topological polar surface area (TPSA) is 45.2 Å². The number of hydrogen-bond acceptors (Lipinski definition) is 3. The van der Waals surface area contributed by atoms with Crippen LogP contribution >= 0.6 is 0 Å². The normalized spacial score (nSPS) is 18.0. The van der Waals surface area contributed by atoms with Crippen molar-refractivity contribution in [3.05, 3.63) is 59.9 Å². The smallest absolute Gasteiger partial charge is 0.238 e. The lowest BCUT2D eigenvalue weighted by Crippen LogP contribution is -2.33. The summed E-state index contributed by atoms with van der Waals surface area (Å²) in [4.78, 5) is 19.0. The third-order valence-corrected chi connectivity index (χ3v) is 4.36.